The molecule has 1 aliphatic heterocycles. The van der Waals surface area contributed by atoms with Crippen LogP contribution in [-0.4, -0.2) is 22.0 Å². The monoisotopic (exact) mass is 518 g/mol. The summed E-state index contributed by atoms with van der Waals surface area (Å²) in [4.78, 5) is 21.1. The maximum atomic E-state index is 13.6. The number of ether oxygens (including phenoxy) is 1. The molecule has 190 valence electrons. The summed E-state index contributed by atoms with van der Waals surface area (Å²) in [5, 5.41) is 3.21. The maximum Gasteiger partial charge on any atom is 0.267 e. The van der Waals surface area contributed by atoms with Crippen LogP contribution in [0.3, 0.4) is 0 Å². The molecule has 0 unspecified atom stereocenters. The van der Waals surface area contributed by atoms with Gasteiger partial charge in [-0.05, 0) is 76.8 Å². The van der Waals surface area contributed by atoms with Gasteiger partial charge in [0.25, 0.3) is 5.91 Å². The van der Waals surface area contributed by atoms with E-state index in [1.54, 1.807) is 0 Å². The van der Waals surface area contributed by atoms with Crippen LogP contribution in [0.1, 0.15) is 43.2 Å². The van der Waals surface area contributed by atoms with Crippen molar-refractivity contribution in [2.75, 3.05) is 0 Å². The summed E-state index contributed by atoms with van der Waals surface area (Å²) in [6, 6.07) is 32.7. The fraction of sp³-hybridized carbons (Fsp3) is 0.212. The van der Waals surface area contributed by atoms with Crippen molar-refractivity contribution in [2.45, 2.75) is 44.8 Å². The van der Waals surface area contributed by atoms with Gasteiger partial charge in [-0.3, -0.25) is 9.69 Å². The van der Waals surface area contributed by atoms with Gasteiger partial charge in [0.2, 0.25) is 0 Å². The molecule has 0 radical (unpaired) electrons. The molecule has 1 saturated carbocycles. The van der Waals surface area contributed by atoms with E-state index in [9.17, 15) is 4.79 Å². The summed E-state index contributed by atoms with van der Waals surface area (Å²) in [5.74, 6) is 0.869. The van der Waals surface area contributed by atoms with Crippen LogP contribution in [0.2, 0.25) is 0 Å². The Kier molecular flexibility index (Phi) is 7.27. The first-order valence-electron chi connectivity index (χ1n) is 13.3. The summed E-state index contributed by atoms with van der Waals surface area (Å²) in [7, 11) is 0. The molecule has 0 bridgehead atoms. The minimum Gasteiger partial charge on any atom is -0.489 e. The largest absolute Gasteiger partial charge is 0.489 e. The first kappa shape index (κ1) is 24.5. The SMILES string of the molecule is O=C1/C(=C/c2ccc(OCc3cccc4ccccc34)cc2)SC(=Nc2ccccc2)N1C1CCCCC1. The molecule has 0 aromatic heterocycles. The minimum atomic E-state index is 0.0628. The number of aliphatic imine (C=N–C) groups is 1. The Bertz CT molecular complexity index is 1480. The number of amides is 1. The summed E-state index contributed by atoms with van der Waals surface area (Å²) in [6.45, 7) is 0.506. The molecule has 6 rings (SSSR count). The molecular formula is C33H30N2O2S. The van der Waals surface area contributed by atoms with Crippen molar-refractivity contribution in [3.63, 3.8) is 0 Å². The van der Waals surface area contributed by atoms with Crippen molar-refractivity contribution >= 4 is 45.4 Å². The van der Waals surface area contributed by atoms with Gasteiger partial charge in [-0.25, -0.2) is 4.99 Å². The number of rotatable bonds is 6. The van der Waals surface area contributed by atoms with E-state index in [-0.39, 0.29) is 11.9 Å². The van der Waals surface area contributed by atoms with Gasteiger partial charge in [-0.1, -0.05) is 92.1 Å². The highest BCUT2D eigenvalue weighted by atomic mass is 32.2. The van der Waals surface area contributed by atoms with Crippen molar-refractivity contribution in [1.29, 1.82) is 0 Å². The average molecular weight is 519 g/mol. The van der Waals surface area contributed by atoms with E-state index in [1.165, 1.54) is 29.0 Å². The molecular weight excluding hydrogens is 488 g/mol. The number of fused-ring (bicyclic) bond motifs is 1. The molecule has 1 aliphatic carbocycles. The molecule has 2 aliphatic rings. The number of thioether (sulfide) groups is 1. The molecule has 1 heterocycles. The smallest absolute Gasteiger partial charge is 0.267 e. The second-order valence-electron chi connectivity index (χ2n) is 9.80. The lowest BCUT2D eigenvalue weighted by atomic mass is 9.94. The quantitative estimate of drug-likeness (QED) is 0.241. The lowest BCUT2D eigenvalue weighted by Gasteiger charge is -2.30. The minimum absolute atomic E-state index is 0.0628. The molecule has 5 heteroatoms. The van der Waals surface area contributed by atoms with Crippen LogP contribution in [0.4, 0.5) is 5.69 Å². The van der Waals surface area contributed by atoms with Gasteiger partial charge in [-0.2, -0.15) is 0 Å². The second-order valence-corrected chi connectivity index (χ2v) is 10.8. The van der Waals surface area contributed by atoms with Crippen molar-refractivity contribution in [3.05, 3.63) is 113 Å². The number of nitrogens with zero attached hydrogens (tertiary/aromatic N) is 2. The zero-order chi connectivity index (χ0) is 25.7. The molecule has 1 saturated heterocycles. The van der Waals surface area contributed by atoms with Gasteiger partial charge < -0.3 is 4.74 Å². The Labute approximate surface area is 228 Å². The van der Waals surface area contributed by atoms with Crippen LogP contribution in [0.25, 0.3) is 16.8 Å². The van der Waals surface area contributed by atoms with Crippen molar-refractivity contribution in [3.8, 4) is 5.75 Å². The van der Waals surface area contributed by atoms with Gasteiger partial charge in [0, 0.05) is 6.04 Å². The summed E-state index contributed by atoms with van der Waals surface area (Å²) in [6.07, 6.45) is 7.62. The van der Waals surface area contributed by atoms with E-state index in [0.29, 0.717) is 6.61 Å². The van der Waals surface area contributed by atoms with E-state index in [2.05, 4.69) is 42.5 Å². The average Bonchev–Trinajstić information content (AvgIpc) is 3.27. The lowest BCUT2D eigenvalue weighted by Crippen LogP contribution is -2.40. The Morgan fingerprint density at radius 2 is 1.58 bits per heavy atom. The van der Waals surface area contributed by atoms with E-state index in [0.717, 1.165) is 58.3 Å². The Morgan fingerprint density at radius 3 is 2.39 bits per heavy atom. The highest BCUT2D eigenvalue weighted by Crippen LogP contribution is 2.38. The number of hydrogen-bond donors (Lipinski definition) is 0. The number of amidine groups is 1. The third-order valence-corrected chi connectivity index (χ3v) is 8.19. The van der Waals surface area contributed by atoms with Crippen LogP contribution in [0, 0.1) is 0 Å². The van der Waals surface area contributed by atoms with Crippen LogP contribution < -0.4 is 4.74 Å². The molecule has 4 nitrogen and oxygen atoms in total. The van der Waals surface area contributed by atoms with Gasteiger partial charge in [0.15, 0.2) is 5.17 Å². The molecule has 0 N–H and O–H groups in total. The Hall–Kier alpha value is -3.83. The van der Waals surface area contributed by atoms with Gasteiger partial charge in [0.05, 0.1) is 10.6 Å². The highest BCUT2D eigenvalue weighted by Gasteiger charge is 2.38. The van der Waals surface area contributed by atoms with Gasteiger partial charge in [-0.15, -0.1) is 0 Å². The number of para-hydroxylation sites is 1. The molecule has 1 amide bonds. The first-order chi connectivity index (χ1) is 18.7. The van der Waals surface area contributed by atoms with Crippen LogP contribution >= 0.6 is 11.8 Å². The zero-order valence-electron chi connectivity index (χ0n) is 21.3. The highest BCUT2D eigenvalue weighted by molar-refractivity contribution is 8.18. The zero-order valence-corrected chi connectivity index (χ0v) is 22.1. The van der Waals surface area contributed by atoms with Crippen LogP contribution in [0.5, 0.6) is 5.75 Å². The third kappa shape index (κ3) is 5.39. The molecule has 0 spiro atoms. The normalized spacial score (nSPS) is 18.5. The Morgan fingerprint density at radius 1 is 0.842 bits per heavy atom. The molecule has 38 heavy (non-hydrogen) atoms. The van der Waals surface area contributed by atoms with Crippen molar-refractivity contribution in [2.24, 2.45) is 4.99 Å². The number of benzene rings is 4. The fourth-order valence-electron chi connectivity index (χ4n) is 5.23. The van der Waals surface area contributed by atoms with Crippen molar-refractivity contribution in [1.82, 2.24) is 4.90 Å². The summed E-state index contributed by atoms with van der Waals surface area (Å²) in [5.41, 5.74) is 3.01. The summed E-state index contributed by atoms with van der Waals surface area (Å²) >= 11 is 1.48. The topological polar surface area (TPSA) is 41.9 Å². The fourth-order valence-corrected chi connectivity index (χ4v) is 6.29. The standard InChI is InChI=1S/C33H30N2O2S/c36-32-31(38-33(34-27-13-3-1-4-14-27)35(32)28-15-5-2-6-16-28)22-24-18-20-29(21-19-24)37-23-26-12-9-11-25-10-7-8-17-30(25)26/h1,3-4,7-14,17-22,28H,2,5-6,15-16,23H2/b31-22-,34-33?. The van der Waals surface area contributed by atoms with E-state index in [4.69, 9.17) is 9.73 Å². The van der Waals surface area contributed by atoms with E-state index < -0.39 is 0 Å². The van der Waals surface area contributed by atoms with E-state index in [1.807, 2.05) is 65.6 Å². The van der Waals surface area contributed by atoms with Gasteiger partial charge >= 0.3 is 0 Å². The number of carbonyl (C=O) groups excluding carboxylic acids is 1. The predicted molar refractivity (Wildman–Crippen MR) is 158 cm³/mol. The molecule has 2 fully saturated rings. The lowest BCUT2D eigenvalue weighted by molar-refractivity contribution is -0.124. The van der Waals surface area contributed by atoms with Crippen LogP contribution in [-0.2, 0) is 11.4 Å². The molecule has 0 atom stereocenters. The first-order valence-corrected chi connectivity index (χ1v) is 14.1. The summed E-state index contributed by atoms with van der Waals surface area (Å²) < 4.78 is 6.11. The van der Waals surface area contributed by atoms with Gasteiger partial charge in [0.1, 0.15) is 12.4 Å². The predicted octanol–water partition coefficient (Wildman–Crippen LogP) is 8.36. The van der Waals surface area contributed by atoms with E-state index >= 15 is 0 Å². The van der Waals surface area contributed by atoms with Crippen LogP contribution in [0.15, 0.2) is 107 Å². The Balaban J connectivity index is 1.20. The second kappa shape index (κ2) is 11.3. The maximum absolute atomic E-state index is 13.6. The molecule has 4 aromatic carbocycles. The number of carbonyl (C=O) groups is 1. The molecule has 4 aromatic rings. The number of hydrogen-bond acceptors (Lipinski definition) is 4. The third-order valence-electron chi connectivity index (χ3n) is 7.21. The van der Waals surface area contributed by atoms with Crippen molar-refractivity contribution < 1.29 is 9.53 Å².